The fraction of sp³-hybridized carbons (Fsp3) is 0.438. The number of benzene rings is 1. The minimum Gasteiger partial charge on any atom is -0.294 e. The Hall–Kier alpha value is -1.55. The second-order valence-corrected chi connectivity index (χ2v) is 5.28. The van der Waals surface area contributed by atoms with E-state index in [-0.39, 0.29) is 11.2 Å². The number of Topliss-reactive ketones (excluding diaryl/α,β-unsaturated/α-hetero) is 1. The van der Waals surface area contributed by atoms with Gasteiger partial charge in [0.1, 0.15) is 0 Å². The molecule has 90 valence electrons. The van der Waals surface area contributed by atoms with Crippen molar-refractivity contribution >= 4 is 5.78 Å². The first-order chi connectivity index (χ1) is 7.96. The van der Waals surface area contributed by atoms with Crippen molar-refractivity contribution in [2.45, 2.75) is 45.4 Å². The van der Waals surface area contributed by atoms with E-state index in [0.717, 1.165) is 17.5 Å². The fourth-order valence-corrected chi connectivity index (χ4v) is 1.87. The van der Waals surface area contributed by atoms with Gasteiger partial charge >= 0.3 is 0 Å². The van der Waals surface area contributed by atoms with Crippen LogP contribution in [0.5, 0.6) is 0 Å². The zero-order chi connectivity index (χ0) is 12.9. The Morgan fingerprint density at radius 1 is 1.29 bits per heavy atom. The topological polar surface area (TPSA) is 17.1 Å². The van der Waals surface area contributed by atoms with Crippen molar-refractivity contribution in [1.82, 2.24) is 0 Å². The molecule has 0 spiro atoms. The van der Waals surface area contributed by atoms with Crippen LogP contribution >= 0.6 is 0 Å². The van der Waals surface area contributed by atoms with Gasteiger partial charge in [-0.25, -0.2) is 0 Å². The lowest BCUT2D eigenvalue weighted by Crippen LogP contribution is -2.16. The number of carbonyl (C=O) groups is 1. The van der Waals surface area contributed by atoms with Crippen LogP contribution < -0.4 is 0 Å². The molecular formula is C16H20O. The van der Waals surface area contributed by atoms with Crippen molar-refractivity contribution in [2.24, 2.45) is 0 Å². The number of rotatable bonds is 4. The minimum absolute atomic E-state index is 0.00162. The van der Waals surface area contributed by atoms with Crippen molar-refractivity contribution < 1.29 is 4.79 Å². The predicted molar refractivity (Wildman–Crippen MR) is 72.2 cm³/mol. The standard InChI is InChI=1S/C16H20O/c1-5-6-7-12-15(17)13-10-8-9-11-14(13)16(2,3)4/h1,8-11H,6-7,12H2,2-4H3. The zero-order valence-electron chi connectivity index (χ0n) is 10.9. The Kier molecular flexibility index (Phi) is 4.52. The van der Waals surface area contributed by atoms with E-state index in [1.807, 2.05) is 24.3 Å². The highest BCUT2D eigenvalue weighted by Crippen LogP contribution is 2.26. The zero-order valence-corrected chi connectivity index (χ0v) is 10.9. The molecule has 0 N–H and O–H groups in total. The summed E-state index contributed by atoms with van der Waals surface area (Å²) in [5.41, 5.74) is 1.96. The number of carbonyl (C=O) groups excluding carboxylic acids is 1. The van der Waals surface area contributed by atoms with Gasteiger partial charge in [-0.05, 0) is 17.4 Å². The number of ketones is 1. The van der Waals surface area contributed by atoms with Crippen LogP contribution in [0.2, 0.25) is 0 Å². The Morgan fingerprint density at radius 3 is 2.53 bits per heavy atom. The van der Waals surface area contributed by atoms with Crippen LogP contribution in [0.25, 0.3) is 0 Å². The first-order valence-corrected chi connectivity index (χ1v) is 6.03. The van der Waals surface area contributed by atoms with Gasteiger partial charge in [0.2, 0.25) is 0 Å². The Morgan fingerprint density at radius 2 is 1.94 bits per heavy atom. The summed E-state index contributed by atoms with van der Waals surface area (Å²) in [6.07, 6.45) is 7.17. The van der Waals surface area contributed by atoms with Crippen molar-refractivity contribution in [3.05, 3.63) is 35.4 Å². The second kappa shape index (κ2) is 5.68. The molecular weight excluding hydrogens is 208 g/mol. The smallest absolute Gasteiger partial charge is 0.163 e. The summed E-state index contributed by atoms with van der Waals surface area (Å²) in [5, 5.41) is 0. The largest absolute Gasteiger partial charge is 0.294 e. The average Bonchev–Trinajstić information content (AvgIpc) is 2.28. The Bertz CT molecular complexity index is 430. The van der Waals surface area contributed by atoms with E-state index in [1.54, 1.807) is 0 Å². The molecule has 0 aliphatic carbocycles. The molecule has 0 heterocycles. The summed E-state index contributed by atoms with van der Waals surface area (Å²) in [5.74, 6) is 2.77. The van der Waals surface area contributed by atoms with Crippen LogP contribution in [-0.2, 0) is 5.41 Å². The maximum atomic E-state index is 12.1. The van der Waals surface area contributed by atoms with Crippen LogP contribution in [0.1, 0.15) is 56.0 Å². The molecule has 0 amide bonds. The van der Waals surface area contributed by atoms with E-state index >= 15 is 0 Å². The molecule has 0 bridgehead atoms. The molecule has 1 nitrogen and oxygen atoms in total. The normalized spacial score (nSPS) is 10.9. The molecule has 1 aromatic rings. The molecule has 0 saturated carbocycles. The van der Waals surface area contributed by atoms with E-state index in [4.69, 9.17) is 6.42 Å². The lowest BCUT2D eigenvalue weighted by atomic mass is 9.82. The molecule has 1 heteroatoms. The van der Waals surface area contributed by atoms with Gasteiger partial charge in [0.25, 0.3) is 0 Å². The van der Waals surface area contributed by atoms with Gasteiger partial charge < -0.3 is 0 Å². The first-order valence-electron chi connectivity index (χ1n) is 6.03. The highest BCUT2D eigenvalue weighted by Gasteiger charge is 2.20. The van der Waals surface area contributed by atoms with E-state index in [2.05, 4.69) is 26.7 Å². The molecule has 0 aromatic heterocycles. The molecule has 0 aliphatic rings. The molecule has 0 aliphatic heterocycles. The number of unbranched alkanes of at least 4 members (excludes halogenated alkanes) is 1. The van der Waals surface area contributed by atoms with Gasteiger partial charge in [-0.3, -0.25) is 4.79 Å². The molecule has 1 rings (SSSR count). The number of hydrogen-bond acceptors (Lipinski definition) is 1. The summed E-state index contributed by atoms with van der Waals surface area (Å²) >= 11 is 0. The third kappa shape index (κ3) is 3.75. The SMILES string of the molecule is C#CCCCC(=O)c1ccccc1C(C)(C)C. The molecule has 0 atom stereocenters. The number of hydrogen-bond donors (Lipinski definition) is 0. The summed E-state index contributed by atoms with van der Waals surface area (Å²) in [4.78, 5) is 12.1. The van der Waals surface area contributed by atoms with E-state index in [0.29, 0.717) is 12.8 Å². The molecule has 0 saturated heterocycles. The van der Waals surface area contributed by atoms with Gasteiger partial charge in [-0.2, -0.15) is 0 Å². The van der Waals surface area contributed by atoms with Crippen LogP contribution in [0.15, 0.2) is 24.3 Å². The molecule has 0 unspecified atom stereocenters. The van der Waals surface area contributed by atoms with E-state index < -0.39 is 0 Å². The Balaban J connectivity index is 2.91. The summed E-state index contributed by atoms with van der Waals surface area (Å²) in [6.45, 7) is 6.38. The monoisotopic (exact) mass is 228 g/mol. The fourth-order valence-electron chi connectivity index (χ4n) is 1.87. The van der Waals surface area contributed by atoms with Gasteiger partial charge in [0.05, 0.1) is 0 Å². The van der Waals surface area contributed by atoms with Crippen LogP contribution in [0.3, 0.4) is 0 Å². The molecule has 0 fully saturated rings. The average molecular weight is 228 g/mol. The highest BCUT2D eigenvalue weighted by atomic mass is 16.1. The maximum Gasteiger partial charge on any atom is 0.163 e. The summed E-state index contributed by atoms with van der Waals surface area (Å²) in [6, 6.07) is 7.86. The Labute approximate surface area is 104 Å². The lowest BCUT2D eigenvalue weighted by Gasteiger charge is -2.22. The summed E-state index contributed by atoms with van der Waals surface area (Å²) < 4.78 is 0. The third-order valence-corrected chi connectivity index (χ3v) is 2.76. The third-order valence-electron chi connectivity index (χ3n) is 2.76. The van der Waals surface area contributed by atoms with Gasteiger partial charge in [-0.15, -0.1) is 12.3 Å². The second-order valence-electron chi connectivity index (χ2n) is 5.28. The molecule has 0 radical (unpaired) electrons. The van der Waals surface area contributed by atoms with Gasteiger partial charge in [0, 0.05) is 18.4 Å². The summed E-state index contributed by atoms with van der Waals surface area (Å²) in [7, 11) is 0. The minimum atomic E-state index is -0.00162. The van der Waals surface area contributed by atoms with Gasteiger partial charge in [0.15, 0.2) is 5.78 Å². The molecule has 1 aromatic carbocycles. The van der Waals surface area contributed by atoms with Crippen LogP contribution in [-0.4, -0.2) is 5.78 Å². The quantitative estimate of drug-likeness (QED) is 0.433. The van der Waals surface area contributed by atoms with Gasteiger partial charge in [-0.1, -0.05) is 45.0 Å². The van der Waals surface area contributed by atoms with Crippen molar-refractivity contribution in [2.75, 3.05) is 0 Å². The lowest BCUT2D eigenvalue weighted by molar-refractivity contribution is 0.0978. The van der Waals surface area contributed by atoms with E-state index in [9.17, 15) is 4.79 Å². The highest BCUT2D eigenvalue weighted by molar-refractivity contribution is 5.97. The predicted octanol–water partition coefficient (Wildman–Crippen LogP) is 3.97. The van der Waals surface area contributed by atoms with Crippen molar-refractivity contribution in [3.8, 4) is 12.3 Å². The first kappa shape index (κ1) is 13.5. The van der Waals surface area contributed by atoms with Crippen molar-refractivity contribution in [3.63, 3.8) is 0 Å². The molecule has 17 heavy (non-hydrogen) atoms. The number of terminal acetylenes is 1. The van der Waals surface area contributed by atoms with Crippen molar-refractivity contribution in [1.29, 1.82) is 0 Å². The maximum absolute atomic E-state index is 12.1. The van der Waals surface area contributed by atoms with E-state index in [1.165, 1.54) is 0 Å². The van der Waals surface area contributed by atoms with Crippen LogP contribution in [0, 0.1) is 12.3 Å². The van der Waals surface area contributed by atoms with Crippen LogP contribution in [0.4, 0.5) is 0 Å².